The number of anilines is 2. The lowest BCUT2D eigenvalue weighted by atomic mass is 10.0. The van der Waals surface area contributed by atoms with Gasteiger partial charge in [0.2, 0.25) is 11.9 Å². The van der Waals surface area contributed by atoms with Gasteiger partial charge in [-0.25, -0.2) is 5.84 Å². The van der Waals surface area contributed by atoms with Crippen molar-refractivity contribution in [3.05, 3.63) is 0 Å². The van der Waals surface area contributed by atoms with Crippen molar-refractivity contribution in [3.63, 3.8) is 0 Å². The molecule has 0 amide bonds. The van der Waals surface area contributed by atoms with Crippen molar-refractivity contribution in [1.29, 1.82) is 0 Å². The van der Waals surface area contributed by atoms with E-state index < -0.39 is 5.54 Å². The summed E-state index contributed by atoms with van der Waals surface area (Å²) in [6.07, 6.45) is 0.711. The molecule has 17 heavy (non-hydrogen) atoms. The number of rotatable bonds is 6. The smallest absolute Gasteiger partial charge is 0.322 e. The molecule has 1 rings (SSSR count). The zero-order chi connectivity index (χ0) is 12.9. The number of aliphatic hydroxyl groups excluding tert-OH is 1. The number of nitrogens with two attached hydrogens (primary N) is 1. The molecule has 1 heterocycles. The molecule has 0 bridgehead atoms. The highest BCUT2D eigenvalue weighted by Crippen LogP contribution is 2.17. The molecule has 1 unspecified atom stereocenters. The van der Waals surface area contributed by atoms with Gasteiger partial charge >= 0.3 is 6.01 Å². The van der Waals surface area contributed by atoms with Crippen molar-refractivity contribution >= 4 is 11.9 Å². The van der Waals surface area contributed by atoms with Crippen molar-refractivity contribution in [2.45, 2.75) is 25.8 Å². The van der Waals surface area contributed by atoms with Crippen molar-refractivity contribution in [2.24, 2.45) is 5.84 Å². The summed E-state index contributed by atoms with van der Waals surface area (Å²) in [7, 11) is 1.45. The Morgan fingerprint density at radius 1 is 1.35 bits per heavy atom. The highest BCUT2D eigenvalue weighted by atomic mass is 16.5. The second kappa shape index (κ2) is 5.60. The van der Waals surface area contributed by atoms with Crippen molar-refractivity contribution in [2.75, 3.05) is 24.5 Å². The minimum atomic E-state index is -0.502. The third-order valence-corrected chi connectivity index (χ3v) is 2.47. The summed E-state index contributed by atoms with van der Waals surface area (Å²) in [6, 6.07) is 0.145. The minimum absolute atomic E-state index is 0.0388. The lowest BCUT2D eigenvalue weighted by molar-refractivity contribution is 0.218. The Hall–Kier alpha value is -1.67. The van der Waals surface area contributed by atoms with Crippen LogP contribution >= 0.6 is 0 Å². The Labute approximate surface area is 99.6 Å². The van der Waals surface area contributed by atoms with Gasteiger partial charge in [-0.05, 0) is 13.3 Å². The third kappa shape index (κ3) is 3.40. The van der Waals surface area contributed by atoms with Crippen LogP contribution in [0.1, 0.15) is 20.3 Å². The SMILES string of the molecule is CCC(C)(CO)Nc1nc(NN)nc(OC)n1. The zero-order valence-corrected chi connectivity index (χ0v) is 10.2. The highest BCUT2D eigenvalue weighted by Gasteiger charge is 2.22. The van der Waals surface area contributed by atoms with E-state index in [1.54, 1.807) is 0 Å². The second-order valence-electron chi connectivity index (χ2n) is 3.81. The van der Waals surface area contributed by atoms with Gasteiger partial charge in [0.15, 0.2) is 0 Å². The first-order valence-corrected chi connectivity index (χ1v) is 5.22. The molecular weight excluding hydrogens is 224 g/mol. The number of nitrogen functional groups attached to an aromatic ring is 1. The molecule has 0 aliphatic rings. The monoisotopic (exact) mass is 242 g/mol. The molecule has 0 radical (unpaired) electrons. The van der Waals surface area contributed by atoms with Crippen molar-refractivity contribution in [1.82, 2.24) is 15.0 Å². The second-order valence-corrected chi connectivity index (χ2v) is 3.81. The van der Waals surface area contributed by atoms with E-state index in [0.717, 1.165) is 0 Å². The van der Waals surface area contributed by atoms with Crippen molar-refractivity contribution < 1.29 is 9.84 Å². The highest BCUT2D eigenvalue weighted by molar-refractivity contribution is 5.37. The Morgan fingerprint density at radius 3 is 2.47 bits per heavy atom. The summed E-state index contributed by atoms with van der Waals surface area (Å²) < 4.78 is 4.92. The number of aliphatic hydroxyl groups is 1. The predicted molar refractivity (Wildman–Crippen MR) is 63.6 cm³/mol. The molecule has 1 aromatic rings. The molecule has 8 nitrogen and oxygen atoms in total. The Kier molecular flexibility index (Phi) is 4.41. The zero-order valence-electron chi connectivity index (χ0n) is 10.2. The van der Waals surface area contributed by atoms with Crippen LogP contribution in [0.25, 0.3) is 0 Å². The maximum atomic E-state index is 9.29. The quantitative estimate of drug-likeness (QED) is 0.398. The molecule has 0 aromatic carbocycles. The van der Waals surface area contributed by atoms with Gasteiger partial charge in [-0.2, -0.15) is 15.0 Å². The van der Waals surface area contributed by atoms with Gasteiger partial charge in [0.25, 0.3) is 0 Å². The molecule has 1 atom stereocenters. The van der Waals surface area contributed by atoms with E-state index in [4.69, 9.17) is 10.6 Å². The maximum Gasteiger partial charge on any atom is 0.322 e. The molecule has 96 valence electrons. The van der Waals surface area contributed by atoms with Crippen LogP contribution in [0, 0.1) is 0 Å². The van der Waals surface area contributed by atoms with Crippen LogP contribution < -0.4 is 21.3 Å². The molecule has 0 aliphatic heterocycles. The lowest BCUT2D eigenvalue weighted by Gasteiger charge is -2.27. The molecule has 0 saturated heterocycles. The molecule has 0 saturated carbocycles. The van der Waals surface area contributed by atoms with E-state index in [-0.39, 0.29) is 18.6 Å². The Balaban J connectivity index is 2.97. The lowest BCUT2D eigenvalue weighted by Crippen LogP contribution is -2.38. The van der Waals surface area contributed by atoms with Crippen LogP contribution in [0.3, 0.4) is 0 Å². The van der Waals surface area contributed by atoms with Gasteiger partial charge in [0, 0.05) is 0 Å². The van der Waals surface area contributed by atoms with E-state index in [0.29, 0.717) is 12.4 Å². The largest absolute Gasteiger partial charge is 0.467 e. The first-order valence-electron chi connectivity index (χ1n) is 5.22. The topological polar surface area (TPSA) is 118 Å². The summed E-state index contributed by atoms with van der Waals surface area (Å²) in [5.74, 6) is 5.72. The molecule has 0 spiro atoms. The van der Waals surface area contributed by atoms with Crippen LogP contribution in [-0.2, 0) is 0 Å². The normalized spacial score (nSPS) is 13.9. The first kappa shape index (κ1) is 13.4. The van der Waals surface area contributed by atoms with E-state index in [1.165, 1.54) is 7.11 Å². The summed E-state index contributed by atoms with van der Waals surface area (Å²) in [4.78, 5) is 11.9. The van der Waals surface area contributed by atoms with E-state index >= 15 is 0 Å². The number of hydrogen-bond acceptors (Lipinski definition) is 8. The average Bonchev–Trinajstić information content (AvgIpc) is 2.37. The van der Waals surface area contributed by atoms with Crippen LogP contribution in [0.2, 0.25) is 0 Å². The molecule has 5 N–H and O–H groups in total. The molecule has 0 fully saturated rings. The standard InChI is InChI=1S/C9H18N6O2/c1-4-9(2,5-16)14-6-11-7(15-10)13-8(12-6)17-3/h16H,4-5,10H2,1-3H3,(H2,11,12,13,14,15). The first-order chi connectivity index (χ1) is 8.06. The van der Waals surface area contributed by atoms with Crippen molar-refractivity contribution in [3.8, 4) is 6.01 Å². The van der Waals surface area contributed by atoms with Gasteiger partial charge in [-0.3, -0.25) is 5.43 Å². The average molecular weight is 242 g/mol. The number of methoxy groups -OCH3 is 1. The number of aromatic nitrogens is 3. The van der Waals surface area contributed by atoms with E-state index in [1.807, 2.05) is 13.8 Å². The van der Waals surface area contributed by atoms with Gasteiger partial charge in [-0.15, -0.1) is 0 Å². The van der Waals surface area contributed by atoms with Gasteiger partial charge in [-0.1, -0.05) is 6.92 Å². The number of hydrogen-bond donors (Lipinski definition) is 4. The predicted octanol–water partition coefficient (Wildman–Crippen LogP) is -0.261. The molecule has 1 aromatic heterocycles. The number of nitrogens with zero attached hydrogens (tertiary/aromatic N) is 3. The third-order valence-electron chi connectivity index (χ3n) is 2.47. The fraction of sp³-hybridized carbons (Fsp3) is 0.667. The minimum Gasteiger partial charge on any atom is -0.467 e. The number of ether oxygens (including phenoxy) is 1. The van der Waals surface area contributed by atoms with Gasteiger partial charge in [0.1, 0.15) is 0 Å². The van der Waals surface area contributed by atoms with E-state index in [2.05, 4.69) is 25.7 Å². The van der Waals surface area contributed by atoms with Crippen LogP contribution in [0.15, 0.2) is 0 Å². The number of hydrazine groups is 1. The Morgan fingerprint density at radius 2 is 2.00 bits per heavy atom. The fourth-order valence-electron chi connectivity index (χ4n) is 1.08. The van der Waals surface area contributed by atoms with Gasteiger partial charge < -0.3 is 15.2 Å². The molecule has 8 heteroatoms. The molecular formula is C9H18N6O2. The van der Waals surface area contributed by atoms with Gasteiger partial charge in [0.05, 0.1) is 19.3 Å². The summed E-state index contributed by atoms with van der Waals surface area (Å²) in [6.45, 7) is 3.77. The summed E-state index contributed by atoms with van der Waals surface area (Å²) in [5.41, 5.74) is 1.82. The van der Waals surface area contributed by atoms with Crippen LogP contribution in [0.5, 0.6) is 6.01 Å². The van der Waals surface area contributed by atoms with E-state index in [9.17, 15) is 5.11 Å². The summed E-state index contributed by atoms with van der Waals surface area (Å²) in [5, 5.41) is 12.3. The Bertz CT molecular complexity index is 346. The van der Waals surface area contributed by atoms with Crippen LogP contribution in [0.4, 0.5) is 11.9 Å². The van der Waals surface area contributed by atoms with Crippen LogP contribution in [-0.4, -0.2) is 39.3 Å². The number of nitrogens with one attached hydrogen (secondary N) is 2. The molecule has 0 aliphatic carbocycles. The maximum absolute atomic E-state index is 9.29. The fourth-order valence-corrected chi connectivity index (χ4v) is 1.08. The summed E-state index contributed by atoms with van der Waals surface area (Å²) >= 11 is 0.